The van der Waals surface area contributed by atoms with Gasteiger partial charge in [-0.2, -0.15) is 0 Å². The monoisotopic (exact) mass is 347 g/mol. The molecule has 0 bridgehead atoms. The van der Waals surface area contributed by atoms with Crippen LogP contribution in [0.2, 0.25) is 0 Å². The fourth-order valence-corrected chi connectivity index (χ4v) is 2.88. The maximum absolute atomic E-state index is 14.0. The zero-order valence-corrected chi connectivity index (χ0v) is 14.8. The highest BCUT2D eigenvalue weighted by Crippen LogP contribution is 2.24. The third-order valence-electron chi connectivity index (χ3n) is 4.36. The number of benzene rings is 2. The van der Waals surface area contributed by atoms with E-state index < -0.39 is 11.6 Å². The first kappa shape index (κ1) is 19.4. The second-order valence-electron chi connectivity index (χ2n) is 6.36. The summed E-state index contributed by atoms with van der Waals surface area (Å²) in [7, 11) is 0. The Morgan fingerprint density at radius 3 is 2.40 bits per heavy atom. The Kier molecular flexibility index (Phi) is 7.86. The summed E-state index contributed by atoms with van der Waals surface area (Å²) in [5, 5.41) is 0. The first-order valence-corrected chi connectivity index (χ1v) is 9.00. The van der Waals surface area contributed by atoms with E-state index in [2.05, 4.69) is 6.92 Å². The maximum Gasteiger partial charge on any atom is 0.129 e. The molecule has 2 N–H and O–H groups in total. The Labute approximate surface area is 149 Å². The minimum absolute atomic E-state index is 0.179. The number of rotatable bonds is 10. The first-order valence-electron chi connectivity index (χ1n) is 9.00. The van der Waals surface area contributed by atoms with E-state index in [1.54, 1.807) is 0 Å². The molecular formula is C21H27F2NO. The van der Waals surface area contributed by atoms with Crippen molar-refractivity contribution in [2.24, 2.45) is 5.73 Å². The molecule has 25 heavy (non-hydrogen) atoms. The topological polar surface area (TPSA) is 35.2 Å². The molecule has 2 aromatic rings. The molecular weight excluding hydrogens is 320 g/mol. The van der Waals surface area contributed by atoms with Crippen molar-refractivity contribution in [1.29, 1.82) is 0 Å². The average Bonchev–Trinajstić information content (AvgIpc) is 2.61. The number of ether oxygens (including phenoxy) is 1. The van der Waals surface area contributed by atoms with Gasteiger partial charge in [0, 0.05) is 12.0 Å². The molecule has 0 radical (unpaired) electrons. The lowest BCUT2D eigenvalue weighted by Gasteiger charge is -2.16. The van der Waals surface area contributed by atoms with E-state index in [1.165, 1.54) is 31.4 Å². The van der Waals surface area contributed by atoms with Crippen LogP contribution in [0.3, 0.4) is 0 Å². The van der Waals surface area contributed by atoms with Crippen LogP contribution in [0.25, 0.3) is 0 Å². The average molecular weight is 347 g/mol. The van der Waals surface area contributed by atoms with Crippen LogP contribution in [0, 0.1) is 11.6 Å². The van der Waals surface area contributed by atoms with Crippen molar-refractivity contribution in [2.75, 3.05) is 13.2 Å². The van der Waals surface area contributed by atoms with Crippen LogP contribution in [0.4, 0.5) is 8.78 Å². The summed E-state index contributed by atoms with van der Waals surface area (Å²) >= 11 is 0. The highest BCUT2D eigenvalue weighted by Gasteiger charge is 2.15. The lowest BCUT2D eigenvalue weighted by Crippen LogP contribution is -2.16. The summed E-state index contributed by atoms with van der Waals surface area (Å²) in [5.41, 5.74) is 7.32. The zero-order chi connectivity index (χ0) is 18.1. The van der Waals surface area contributed by atoms with E-state index in [-0.39, 0.29) is 5.92 Å². The van der Waals surface area contributed by atoms with Gasteiger partial charge >= 0.3 is 0 Å². The van der Waals surface area contributed by atoms with Gasteiger partial charge in [0.2, 0.25) is 0 Å². The predicted octanol–water partition coefficient (Wildman–Crippen LogP) is 5.21. The maximum atomic E-state index is 14.0. The molecule has 0 aliphatic rings. The smallest absolute Gasteiger partial charge is 0.129 e. The molecule has 0 aliphatic heterocycles. The minimum Gasteiger partial charge on any atom is -0.494 e. The van der Waals surface area contributed by atoms with Crippen LogP contribution in [0.1, 0.15) is 49.7 Å². The molecule has 2 nitrogen and oxygen atoms in total. The number of nitrogens with two attached hydrogens (primary N) is 1. The molecule has 0 spiro atoms. The summed E-state index contributed by atoms with van der Waals surface area (Å²) in [6.45, 7) is 3.22. The van der Waals surface area contributed by atoms with Gasteiger partial charge in [0.25, 0.3) is 0 Å². The molecule has 2 rings (SSSR count). The molecule has 0 aliphatic carbocycles. The predicted molar refractivity (Wildman–Crippen MR) is 97.9 cm³/mol. The summed E-state index contributed by atoms with van der Waals surface area (Å²) in [6.07, 6.45) is 5.31. The second-order valence-corrected chi connectivity index (χ2v) is 6.36. The highest BCUT2D eigenvalue weighted by atomic mass is 19.1. The van der Waals surface area contributed by atoms with Gasteiger partial charge in [-0.15, -0.1) is 0 Å². The fraction of sp³-hybridized carbons (Fsp3) is 0.429. The van der Waals surface area contributed by atoms with Gasteiger partial charge in [-0.3, -0.25) is 0 Å². The van der Waals surface area contributed by atoms with Crippen molar-refractivity contribution in [3.63, 3.8) is 0 Å². The Morgan fingerprint density at radius 1 is 1.00 bits per heavy atom. The van der Waals surface area contributed by atoms with Gasteiger partial charge in [-0.05, 0) is 48.7 Å². The number of hydrogen-bond donors (Lipinski definition) is 1. The molecule has 0 aromatic heterocycles. The van der Waals surface area contributed by atoms with E-state index in [0.717, 1.165) is 30.4 Å². The van der Waals surface area contributed by atoms with E-state index in [0.29, 0.717) is 18.5 Å². The van der Waals surface area contributed by atoms with Crippen molar-refractivity contribution < 1.29 is 13.5 Å². The minimum atomic E-state index is -0.572. The summed E-state index contributed by atoms with van der Waals surface area (Å²) < 4.78 is 32.8. The Hall–Kier alpha value is -1.94. The fourth-order valence-electron chi connectivity index (χ4n) is 2.88. The number of halogens is 2. The van der Waals surface area contributed by atoms with E-state index in [9.17, 15) is 8.78 Å². The molecule has 0 heterocycles. The van der Waals surface area contributed by atoms with E-state index >= 15 is 0 Å². The van der Waals surface area contributed by atoms with Crippen LogP contribution in [-0.2, 0) is 6.42 Å². The Balaban J connectivity index is 1.92. The third-order valence-corrected chi connectivity index (χ3v) is 4.36. The highest BCUT2D eigenvalue weighted by molar-refractivity contribution is 5.30. The first-order chi connectivity index (χ1) is 12.1. The van der Waals surface area contributed by atoms with Gasteiger partial charge < -0.3 is 10.5 Å². The molecule has 1 atom stereocenters. The molecule has 2 aromatic carbocycles. The van der Waals surface area contributed by atoms with Crippen molar-refractivity contribution >= 4 is 0 Å². The lowest BCUT2D eigenvalue weighted by atomic mass is 9.91. The van der Waals surface area contributed by atoms with Gasteiger partial charge in [0.15, 0.2) is 0 Å². The molecule has 0 fully saturated rings. The summed E-state index contributed by atoms with van der Waals surface area (Å²) in [5.74, 6) is -0.445. The van der Waals surface area contributed by atoms with Crippen LogP contribution in [0.15, 0.2) is 42.5 Å². The van der Waals surface area contributed by atoms with Gasteiger partial charge in [0.1, 0.15) is 17.4 Å². The van der Waals surface area contributed by atoms with Crippen LogP contribution < -0.4 is 10.5 Å². The van der Waals surface area contributed by atoms with Crippen molar-refractivity contribution in [2.45, 2.75) is 44.9 Å². The molecule has 0 amide bonds. The van der Waals surface area contributed by atoms with Crippen LogP contribution in [0.5, 0.6) is 5.75 Å². The summed E-state index contributed by atoms with van der Waals surface area (Å²) in [4.78, 5) is 0. The Morgan fingerprint density at radius 2 is 1.76 bits per heavy atom. The van der Waals surface area contributed by atoms with Gasteiger partial charge in [0.05, 0.1) is 6.61 Å². The van der Waals surface area contributed by atoms with Crippen LogP contribution in [-0.4, -0.2) is 13.2 Å². The third kappa shape index (κ3) is 6.13. The number of hydrogen-bond acceptors (Lipinski definition) is 2. The quantitative estimate of drug-likeness (QED) is 0.599. The molecule has 136 valence electrons. The van der Waals surface area contributed by atoms with Crippen molar-refractivity contribution in [3.05, 3.63) is 65.2 Å². The summed E-state index contributed by atoms with van der Waals surface area (Å²) in [6, 6.07) is 11.5. The Bertz CT molecular complexity index is 643. The molecule has 0 saturated carbocycles. The van der Waals surface area contributed by atoms with Crippen LogP contribution >= 0.6 is 0 Å². The SMILES string of the molecule is CCCCCCOc1ccc(CC(CN)c2ccc(F)cc2F)cc1. The standard InChI is InChI=1S/C21H27F2NO/c1-2-3-4-5-12-25-19-9-6-16(7-10-19)13-17(15-24)20-11-8-18(22)14-21(20)23/h6-11,14,17H,2-5,12-13,15,24H2,1H3. The van der Waals surface area contributed by atoms with E-state index in [4.69, 9.17) is 10.5 Å². The molecule has 1 unspecified atom stereocenters. The van der Waals surface area contributed by atoms with Gasteiger partial charge in [-0.25, -0.2) is 8.78 Å². The largest absolute Gasteiger partial charge is 0.494 e. The van der Waals surface area contributed by atoms with Crippen molar-refractivity contribution in [3.8, 4) is 5.75 Å². The van der Waals surface area contributed by atoms with E-state index in [1.807, 2.05) is 24.3 Å². The normalized spacial score (nSPS) is 12.2. The molecule has 4 heteroatoms. The van der Waals surface area contributed by atoms with Gasteiger partial charge in [-0.1, -0.05) is 44.4 Å². The second kappa shape index (κ2) is 10.1. The molecule has 0 saturated heterocycles. The number of unbranched alkanes of at least 4 members (excludes halogenated alkanes) is 3. The lowest BCUT2D eigenvalue weighted by molar-refractivity contribution is 0.305. The van der Waals surface area contributed by atoms with Crippen molar-refractivity contribution in [1.82, 2.24) is 0 Å². The zero-order valence-electron chi connectivity index (χ0n) is 14.8.